The van der Waals surface area contributed by atoms with Crippen LogP contribution in [0.15, 0.2) is 18.2 Å². The SMILES string of the molecule is CCNC1CCCCC1c1cc(C)ccc1F. The zero-order chi connectivity index (χ0) is 12.3. The second-order valence-corrected chi connectivity index (χ2v) is 5.08. The van der Waals surface area contributed by atoms with Crippen LogP contribution >= 0.6 is 0 Å². The zero-order valence-electron chi connectivity index (χ0n) is 10.8. The molecular formula is C15H22FN. The van der Waals surface area contributed by atoms with Gasteiger partial charge in [-0.05, 0) is 37.9 Å². The van der Waals surface area contributed by atoms with E-state index >= 15 is 0 Å². The third kappa shape index (κ3) is 2.86. The summed E-state index contributed by atoms with van der Waals surface area (Å²) in [4.78, 5) is 0. The van der Waals surface area contributed by atoms with Crippen molar-refractivity contribution in [3.8, 4) is 0 Å². The van der Waals surface area contributed by atoms with Crippen molar-refractivity contribution in [3.05, 3.63) is 35.1 Å². The van der Waals surface area contributed by atoms with Crippen molar-refractivity contribution in [1.82, 2.24) is 5.32 Å². The summed E-state index contributed by atoms with van der Waals surface area (Å²) >= 11 is 0. The minimum atomic E-state index is -0.0367. The Bertz CT molecular complexity index is 373. The number of aryl methyl sites for hydroxylation is 1. The van der Waals surface area contributed by atoms with Gasteiger partial charge in [-0.25, -0.2) is 4.39 Å². The first-order chi connectivity index (χ1) is 8.22. The van der Waals surface area contributed by atoms with Gasteiger partial charge in [-0.3, -0.25) is 0 Å². The molecule has 2 heteroatoms. The van der Waals surface area contributed by atoms with Crippen molar-refractivity contribution < 1.29 is 4.39 Å². The number of likely N-dealkylation sites (N-methyl/N-ethyl adjacent to an activating group) is 1. The molecule has 2 unspecified atom stereocenters. The van der Waals surface area contributed by atoms with Gasteiger partial charge >= 0.3 is 0 Å². The second-order valence-electron chi connectivity index (χ2n) is 5.08. The van der Waals surface area contributed by atoms with E-state index < -0.39 is 0 Å². The van der Waals surface area contributed by atoms with Crippen LogP contribution in [0.5, 0.6) is 0 Å². The van der Waals surface area contributed by atoms with Crippen LogP contribution in [-0.4, -0.2) is 12.6 Å². The van der Waals surface area contributed by atoms with E-state index in [-0.39, 0.29) is 5.82 Å². The standard InChI is InChI=1S/C15H22FN/c1-3-17-15-7-5-4-6-12(15)13-10-11(2)8-9-14(13)16/h8-10,12,15,17H,3-7H2,1-2H3. The van der Waals surface area contributed by atoms with E-state index in [4.69, 9.17) is 0 Å². The first-order valence-electron chi connectivity index (χ1n) is 6.71. The van der Waals surface area contributed by atoms with Crippen molar-refractivity contribution in [2.45, 2.75) is 51.5 Å². The Balaban J connectivity index is 2.25. The molecule has 0 bridgehead atoms. The highest BCUT2D eigenvalue weighted by atomic mass is 19.1. The van der Waals surface area contributed by atoms with Crippen LogP contribution in [0, 0.1) is 12.7 Å². The molecule has 94 valence electrons. The fraction of sp³-hybridized carbons (Fsp3) is 0.600. The largest absolute Gasteiger partial charge is 0.314 e. The normalized spacial score (nSPS) is 24.9. The molecule has 0 heterocycles. The molecule has 1 nitrogen and oxygen atoms in total. The maximum Gasteiger partial charge on any atom is 0.126 e. The molecule has 1 aromatic carbocycles. The highest BCUT2D eigenvalue weighted by Gasteiger charge is 2.27. The maximum absolute atomic E-state index is 13.9. The summed E-state index contributed by atoms with van der Waals surface area (Å²) in [5.41, 5.74) is 2.07. The predicted molar refractivity (Wildman–Crippen MR) is 69.8 cm³/mol. The van der Waals surface area contributed by atoms with Crippen molar-refractivity contribution in [1.29, 1.82) is 0 Å². The fourth-order valence-corrected chi connectivity index (χ4v) is 2.96. The van der Waals surface area contributed by atoms with Crippen LogP contribution in [-0.2, 0) is 0 Å². The molecule has 0 aliphatic heterocycles. The molecule has 0 amide bonds. The monoisotopic (exact) mass is 235 g/mol. The molecule has 1 aromatic rings. The van der Waals surface area contributed by atoms with E-state index in [0.717, 1.165) is 24.1 Å². The zero-order valence-corrected chi connectivity index (χ0v) is 10.8. The number of halogens is 1. The molecule has 17 heavy (non-hydrogen) atoms. The lowest BCUT2D eigenvalue weighted by Gasteiger charge is -2.32. The molecule has 0 radical (unpaired) electrons. The Kier molecular flexibility index (Phi) is 4.16. The topological polar surface area (TPSA) is 12.0 Å². The Morgan fingerprint density at radius 2 is 2.06 bits per heavy atom. The smallest absolute Gasteiger partial charge is 0.126 e. The van der Waals surface area contributed by atoms with Gasteiger partial charge in [0.25, 0.3) is 0 Å². The van der Waals surface area contributed by atoms with Crippen molar-refractivity contribution in [2.75, 3.05) is 6.54 Å². The quantitative estimate of drug-likeness (QED) is 0.841. The molecule has 1 saturated carbocycles. The summed E-state index contributed by atoms with van der Waals surface area (Å²) in [5.74, 6) is 0.314. The van der Waals surface area contributed by atoms with Gasteiger partial charge in [0, 0.05) is 12.0 Å². The van der Waals surface area contributed by atoms with Crippen LogP contribution in [0.1, 0.15) is 49.7 Å². The number of rotatable bonds is 3. The Morgan fingerprint density at radius 1 is 1.29 bits per heavy atom. The average molecular weight is 235 g/mol. The van der Waals surface area contributed by atoms with Gasteiger partial charge in [-0.1, -0.05) is 37.5 Å². The number of hydrogen-bond acceptors (Lipinski definition) is 1. The molecule has 1 aliphatic carbocycles. The molecular weight excluding hydrogens is 213 g/mol. The summed E-state index contributed by atoms with van der Waals surface area (Å²) < 4.78 is 13.9. The van der Waals surface area contributed by atoms with E-state index in [2.05, 4.69) is 12.2 Å². The number of benzene rings is 1. The van der Waals surface area contributed by atoms with Gasteiger partial charge < -0.3 is 5.32 Å². The summed E-state index contributed by atoms with van der Waals surface area (Å²) in [6.07, 6.45) is 4.77. The van der Waals surface area contributed by atoms with E-state index in [1.807, 2.05) is 19.1 Å². The van der Waals surface area contributed by atoms with Crippen molar-refractivity contribution in [3.63, 3.8) is 0 Å². The molecule has 0 spiro atoms. The Labute approximate surface area is 103 Å². The highest BCUT2D eigenvalue weighted by molar-refractivity contribution is 5.28. The van der Waals surface area contributed by atoms with E-state index in [1.165, 1.54) is 19.3 Å². The number of nitrogens with one attached hydrogen (secondary N) is 1. The molecule has 2 rings (SSSR count). The third-order valence-electron chi connectivity index (χ3n) is 3.78. The lowest BCUT2D eigenvalue weighted by atomic mass is 9.79. The van der Waals surface area contributed by atoms with Gasteiger partial charge in [0.15, 0.2) is 0 Å². The first-order valence-corrected chi connectivity index (χ1v) is 6.71. The summed E-state index contributed by atoms with van der Waals surface area (Å²) in [5, 5.41) is 3.51. The Morgan fingerprint density at radius 3 is 2.82 bits per heavy atom. The van der Waals surface area contributed by atoms with Crippen LogP contribution in [0.25, 0.3) is 0 Å². The lowest BCUT2D eigenvalue weighted by Crippen LogP contribution is -2.37. The molecule has 1 aliphatic rings. The Hall–Kier alpha value is -0.890. The van der Waals surface area contributed by atoms with Gasteiger partial charge in [0.05, 0.1) is 0 Å². The second kappa shape index (κ2) is 5.63. The summed E-state index contributed by atoms with van der Waals surface area (Å²) in [6.45, 7) is 5.13. The van der Waals surface area contributed by atoms with Crippen LogP contribution in [0.2, 0.25) is 0 Å². The highest BCUT2D eigenvalue weighted by Crippen LogP contribution is 2.34. The maximum atomic E-state index is 13.9. The molecule has 0 saturated heterocycles. The van der Waals surface area contributed by atoms with E-state index in [0.29, 0.717) is 12.0 Å². The van der Waals surface area contributed by atoms with E-state index in [1.54, 1.807) is 6.07 Å². The minimum Gasteiger partial charge on any atom is -0.314 e. The molecule has 1 fully saturated rings. The third-order valence-corrected chi connectivity index (χ3v) is 3.78. The van der Waals surface area contributed by atoms with Gasteiger partial charge in [-0.15, -0.1) is 0 Å². The van der Waals surface area contributed by atoms with Gasteiger partial charge in [-0.2, -0.15) is 0 Å². The number of hydrogen-bond donors (Lipinski definition) is 1. The predicted octanol–water partition coefficient (Wildman–Crippen LogP) is 3.77. The van der Waals surface area contributed by atoms with Crippen LogP contribution < -0.4 is 5.32 Å². The van der Waals surface area contributed by atoms with Crippen LogP contribution in [0.4, 0.5) is 4.39 Å². The molecule has 2 atom stereocenters. The first kappa shape index (κ1) is 12.6. The van der Waals surface area contributed by atoms with Gasteiger partial charge in [0.1, 0.15) is 5.82 Å². The fourth-order valence-electron chi connectivity index (χ4n) is 2.96. The average Bonchev–Trinajstić information content (AvgIpc) is 2.34. The summed E-state index contributed by atoms with van der Waals surface area (Å²) in [7, 11) is 0. The summed E-state index contributed by atoms with van der Waals surface area (Å²) in [6, 6.07) is 5.94. The van der Waals surface area contributed by atoms with Gasteiger partial charge in [0.2, 0.25) is 0 Å². The van der Waals surface area contributed by atoms with Crippen molar-refractivity contribution >= 4 is 0 Å². The van der Waals surface area contributed by atoms with Crippen molar-refractivity contribution in [2.24, 2.45) is 0 Å². The molecule has 0 aromatic heterocycles. The lowest BCUT2D eigenvalue weighted by molar-refractivity contribution is 0.326. The van der Waals surface area contributed by atoms with Crippen LogP contribution in [0.3, 0.4) is 0 Å². The molecule has 1 N–H and O–H groups in total. The minimum absolute atomic E-state index is 0.0367. The van der Waals surface area contributed by atoms with E-state index in [9.17, 15) is 4.39 Å².